The quantitative estimate of drug-likeness (QED) is 0.828. The van der Waals surface area contributed by atoms with Crippen LogP contribution in [0.2, 0.25) is 0 Å². The number of nitrogens with zero attached hydrogens (tertiary/aromatic N) is 2. The molecule has 4 nitrogen and oxygen atoms in total. The normalized spacial score (nSPS) is 22.8. The Morgan fingerprint density at radius 1 is 1.24 bits per heavy atom. The molecule has 1 aromatic rings. The van der Waals surface area contributed by atoms with E-state index >= 15 is 0 Å². The van der Waals surface area contributed by atoms with Crippen molar-refractivity contribution in [3.05, 3.63) is 35.9 Å². The van der Waals surface area contributed by atoms with Gasteiger partial charge in [0.2, 0.25) is 5.91 Å². The van der Waals surface area contributed by atoms with E-state index in [2.05, 4.69) is 40.1 Å². The van der Waals surface area contributed by atoms with Gasteiger partial charge in [-0.25, -0.2) is 0 Å². The second-order valence-electron chi connectivity index (χ2n) is 8.22. The monoisotopic (exact) mass is 343 g/mol. The van der Waals surface area contributed by atoms with Gasteiger partial charge in [-0.1, -0.05) is 44.2 Å². The molecule has 2 aliphatic rings. The van der Waals surface area contributed by atoms with Gasteiger partial charge >= 0.3 is 0 Å². The molecule has 1 saturated heterocycles. The van der Waals surface area contributed by atoms with Gasteiger partial charge < -0.3 is 10.6 Å². The largest absolute Gasteiger partial charge is 0.338 e. The first-order valence-corrected chi connectivity index (χ1v) is 9.87. The van der Waals surface area contributed by atoms with E-state index in [0.29, 0.717) is 12.0 Å². The molecule has 0 bridgehead atoms. The smallest absolute Gasteiger partial charge is 0.240 e. The third-order valence-electron chi connectivity index (χ3n) is 5.58. The average Bonchev–Trinajstić information content (AvgIpc) is 3.44. The summed E-state index contributed by atoms with van der Waals surface area (Å²) < 4.78 is 0. The number of carbonyl (C=O) groups excluding carboxylic acids is 1. The van der Waals surface area contributed by atoms with E-state index in [1.165, 1.54) is 18.4 Å². The van der Waals surface area contributed by atoms with Gasteiger partial charge in [0.05, 0.1) is 6.04 Å². The van der Waals surface area contributed by atoms with Crippen molar-refractivity contribution >= 4 is 5.91 Å². The number of piperidine rings is 1. The van der Waals surface area contributed by atoms with Gasteiger partial charge in [-0.2, -0.15) is 0 Å². The molecule has 1 saturated carbocycles. The molecule has 1 unspecified atom stereocenters. The van der Waals surface area contributed by atoms with Crippen molar-refractivity contribution in [1.29, 1.82) is 0 Å². The molecular weight excluding hydrogens is 310 g/mol. The minimum absolute atomic E-state index is 0.165. The topological polar surface area (TPSA) is 49.6 Å². The van der Waals surface area contributed by atoms with Crippen LogP contribution in [0.1, 0.15) is 45.1 Å². The maximum Gasteiger partial charge on any atom is 0.240 e. The fourth-order valence-electron chi connectivity index (χ4n) is 3.85. The van der Waals surface area contributed by atoms with Crippen LogP contribution in [0.3, 0.4) is 0 Å². The zero-order valence-corrected chi connectivity index (χ0v) is 15.7. The minimum Gasteiger partial charge on any atom is -0.338 e. The molecule has 2 N–H and O–H groups in total. The van der Waals surface area contributed by atoms with Gasteiger partial charge in [-0.15, -0.1) is 0 Å². The van der Waals surface area contributed by atoms with Gasteiger partial charge in [0.25, 0.3) is 0 Å². The summed E-state index contributed by atoms with van der Waals surface area (Å²) in [5.41, 5.74) is 7.53. The second-order valence-corrected chi connectivity index (χ2v) is 8.22. The van der Waals surface area contributed by atoms with E-state index in [-0.39, 0.29) is 17.9 Å². The number of likely N-dealkylation sites (tertiary alicyclic amines) is 1. The summed E-state index contributed by atoms with van der Waals surface area (Å²) in [7, 11) is 0. The fraction of sp³-hybridized carbons (Fsp3) is 0.667. The first kappa shape index (κ1) is 18.4. The summed E-state index contributed by atoms with van der Waals surface area (Å²) >= 11 is 0. The average molecular weight is 344 g/mol. The molecular formula is C21H33N3O. The first-order chi connectivity index (χ1) is 12.0. The molecule has 0 radical (unpaired) electrons. The molecule has 4 heteroatoms. The fourth-order valence-corrected chi connectivity index (χ4v) is 3.85. The van der Waals surface area contributed by atoms with Crippen molar-refractivity contribution < 1.29 is 4.79 Å². The minimum atomic E-state index is -0.357. The summed E-state index contributed by atoms with van der Waals surface area (Å²) in [5.74, 6) is 0.939. The molecule has 1 aliphatic carbocycles. The van der Waals surface area contributed by atoms with E-state index in [4.69, 9.17) is 5.73 Å². The van der Waals surface area contributed by atoms with Crippen molar-refractivity contribution in [2.45, 2.75) is 58.2 Å². The molecule has 1 amide bonds. The predicted octanol–water partition coefficient (Wildman–Crippen LogP) is 2.87. The summed E-state index contributed by atoms with van der Waals surface area (Å²) in [4.78, 5) is 17.5. The number of hydrogen-bond acceptors (Lipinski definition) is 3. The van der Waals surface area contributed by atoms with Gasteiger partial charge in [-0.3, -0.25) is 9.69 Å². The number of carbonyl (C=O) groups is 1. The van der Waals surface area contributed by atoms with E-state index in [1.54, 1.807) is 0 Å². The van der Waals surface area contributed by atoms with Crippen LogP contribution in [0.5, 0.6) is 0 Å². The summed E-state index contributed by atoms with van der Waals surface area (Å²) in [6, 6.07) is 10.8. The number of nitrogens with two attached hydrogens (primary N) is 1. The molecule has 1 heterocycles. The molecule has 25 heavy (non-hydrogen) atoms. The van der Waals surface area contributed by atoms with E-state index in [9.17, 15) is 4.79 Å². The lowest BCUT2D eigenvalue weighted by atomic mass is 9.95. The van der Waals surface area contributed by atoms with E-state index in [1.807, 2.05) is 13.8 Å². The van der Waals surface area contributed by atoms with Crippen LogP contribution in [-0.2, 0) is 11.3 Å². The Kier molecular flexibility index (Phi) is 6.13. The lowest BCUT2D eigenvalue weighted by Gasteiger charge is -2.37. The van der Waals surface area contributed by atoms with Crippen LogP contribution in [-0.4, -0.2) is 47.4 Å². The highest BCUT2D eigenvalue weighted by atomic mass is 16.2. The molecule has 2 fully saturated rings. The highest BCUT2D eigenvalue weighted by molar-refractivity contribution is 5.82. The summed E-state index contributed by atoms with van der Waals surface area (Å²) in [6.07, 6.45) is 4.74. The van der Waals surface area contributed by atoms with Crippen LogP contribution < -0.4 is 5.73 Å². The zero-order valence-electron chi connectivity index (χ0n) is 15.7. The van der Waals surface area contributed by atoms with Gasteiger partial charge in [-0.05, 0) is 49.6 Å². The van der Waals surface area contributed by atoms with Crippen LogP contribution in [0.25, 0.3) is 0 Å². The lowest BCUT2D eigenvalue weighted by Crippen LogP contribution is -2.50. The second kappa shape index (κ2) is 8.33. The van der Waals surface area contributed by atoms with Crippen molar-refractivity contribution in [3.63, 3.8) is 0 Å². The van der Waals surface area contributed by atoms with E-state index in [0.717, 1.165) is 39.0 Å². The zero-order chi connectivity index (χ0) is 17.8. The number of amides is 1. The molecule has 3 rings (SSSR count). The van der Waals surface area contributed by atoms with Gasteiger partial charge in [0.15, 0.2) is 0 Å². The molecule has 0 spiro atoms. The van der Waals surface area contributed by atoms with Crippen LogP contribution >= 0.6 is 0 Å². The third-order valence-corrected chi connectivity index (χ3v) is 5.58. The summed E-state index contributed by atoms with van der Waals surface area (Å²) in [6.45, 7) is 8.22. The maximum atomic E-state index is 12.8. The van der Waals surface area contributed by atoms with E-state index < -0.39 is 0 Å². The third kappa shape index (κ3) is 5.05. The van der Waals surface area contributed by atoms with Crippen LogP contribution in [0.15, 0.2) is 30.3 Å². The number of rotatable bonds is 7. The molecule has 1 aromatic carbocycles. The Hall–Kier alpha value is -1.39. The highest BCUT2D eigenvalue weighted by Crippen LogP contribution is 2.30. The molecule has 1 aliphatic heterocycles. The number of hydrogen-bond donors (Lipinski definition) is 1. The molecule has 138 valence electrons. The van der Waals surface area contributed by atoms with Crippen molar-refractivity contribution in [1.82, 2.24) is 9.80 Å². The molecule has 0 aromatic heterocycles. The predicted molar refractivity (Wildman–Crippen MR) is 102 cm³/mol. The van der Waals surface area contributed by atoms with Crippen molar-refractivity contribution in [2.24, 2.45) is 17.6 Å². The molecule has 2 atom stereocenters. The Morgan fingerprint density at radius 3 is 2.60 bits per heavy atom. The van der Waals surface area contributed by atoms with Crippen molar-refractivity contribution in [2.75, 3.05) is 19.6 Å². The first-order valence-electron chi connectivity index (χ1n) is 9.87. The van der Waals surface area contributed by atoms with Crippen LogP contribution in [0.4, 0.5) is 0 Å². The van der Waals surface area contributed by atoms with Crippen LogP contribution in [0, 0.1) is 11.8 Å². The Balaban J connectivity index is 1.57. The Bertz CT molecular complexity index is 556. The highest BCUT2D eigenvalue weighted by Gasteiger charge is 2.37. The van der Waals surface area contributed by atoms with Crippen molar-refractivity contribution in [3.8, 4) is 0 Å². The maximum absolute atomic E-state index is 12.8. The Morgan fingerprint density at radius 2 is 1.96 bits per heavy atom. The summed E-state index contributed by atoms with van der Waals surface area (Å²) in [5, 5.41) is 0. The SMILES string of the molecule is CC(C)[C@H](N)C(=O)N(CC1CCCN(Cc2ccccc2)C1)C1CC1. The number of benzene rings is 1. The standard InChI is InChI=1S/C21H33N3O/c1-16(2)20(22)21(25)24(19-10-11-19)15-18-9-6-12-23(14-18)13-17-7-4-3-5-8-17/h3-5,7-8,16,18-20H,6,9-15,22H2,1-2H3/t18?,20-/m0/s1. The van der Waals surface area contributed by atoms with Gasteiger partial charge in [0, 0.05) is 25.7 Å². The Labute approximate surface area is 152 Å². The van der Waals surface area contributed by atoms with Gasteiger partial charge in [0.1, 0.15) is 0 Å². The lowest BCUT2D eigenvalue weighted by molar-refractivity contribution is -0.135.